The predicted molar refractivity (Wildman–Crippen MR) is 70.9 cm³/mol. The summed E-state index contributed by atoms with van der Waals surface area (Å²) in [4.78, 5) is 22.0. The van der Waals surface area contributed by atoms with Crippen LogP contribution in [0.5, 0.6) is 0 Å². The van der Waals surface area contributed by atoms with Gasteiger partial charge in [0.25, 0.3) is 0 Å². The molecule has 0 aliphatic carbocycles. The van der Waals surface area contributed by atoms with Gasteiger partial charge in [0.15, 0.2) is 0 Å². The Kier molecular flexibility index (Phi) is 4.48. The van der Waals surface area contributed by atoms with Crippen molar-refractivity contribution in [2.45, 2.75) is 39.5 Å². The molecule has 1 aromatic rings. The van der Waals surface area contributed by atoms with Crippen LogP contribution < -0.4 is 5.32 Å². The fourth-order valence-corrected chi connectivity index (χ4v) is 1.86. The normalized spacial score (nSPS) is 10.8. The van der Waals surface area contributed by atoms with Gasteiger partial charge in [-0.25, -0.2) is 4.79 Å². The van der Waals surface area contributed by atoms with Gasteiger partial charge in [0.2, 0.25) is 0 Å². The van der Waals surface area contributed by atoms with Gasteiger partial charge in [-0.15, -0.1) is 0 Å². The summed E-state index contributed by atoms with van der Waals surface area (Å²) in [6.45, 7) is 8.04. The molecule has 4 heteroatoms. The van der Waals surface area contributed by atoms with E-state index in [1.165, 1.54) is 0 Å². The minimum absolute atomic E-state index is 0.216. The van der Waals surface area contributed by atoms with Gasteiger partial charge >= 0.3 is 11.9 Å². The summed E-state index contributed by atoms with van der Waals surface area (Å²) in [7, 11) is 0. The Balaban J connectivity index is 3.27. The first-order chi connectivity index (χ1) is 8.34. The second-order valence-corrected chi connectivity index (χ2v) is 4.88. The van der Waals surface area contributed by atoms with Crippen LogP contribution in [0, 0.1) is 0 Å². The van der Waals surface area contributed by atoms with Gasteiger partial charge in [-0.3, -0.25) is 4.79 Å². The van der Waals surface area contributed by atoms with Crippen molar-refractivity contribution in [1.29, 1.82) is 0 Å². The van der Waals surface area contributed by atoms with Crippen molar-refractivity contribution in [2.75, 3.05) is 5.32 Å². The molecule has 0 aliphatic heterocycles. The molecule has 18 heavy (non-hydrogen) atoms. The van der Waals surface area contributed by atoms with E-state index < -0.39 is 11.9 Å². The first-order valence-electron chi connectivity index (χ1n) is 6.01. The van der Waals surface area contributed by atoms with Crippen LogP contribution in [0.25, 0.3) is 0 Å². The average molecular weight is 249 g/mol. The number of hydrogen-bond acceptors (Lipinski definition) is 2. The lowest BCUT2D eigenvalue weighted by atomic mass is 9.92. The molecule has 1 amide bonds. The minimum Gasteiger partial charge on any atom is -0.474 e. The first kappa shape index (κ1) is 14.2. The highest BCUT2D eigenvalue weighted by molar-refractivity contribution is 6.36. The number of carboxylic acids is 1. The van der Waals surface area contributed by atoms with Gasteiger partial charge in [0.1, 0.15) is 0 Å². The lowest BCUT2D eigenvalue weighted by Crippen LogP contribution is -2.23. The molecule has 0 saturated carbocycles. The molecule has 1 aromatic carbocycles. The molecule has 1 rings (SSSR count). The highest BCUT2D eigenvalue weighted by Crippen LogP contribution is 2.32. The number of aliphatic carboxylic acids is 1. The largest absolute Gasteiger partial charge is 0.474 e. The number of carbonyl (C=O) groups is 2. The summed E-state index contributed by atoms with van der Waals surface area (Å²) >= 11 is 0. The van der Waals surface area contributed by atoms with Crippen molar-refractivity contribution in [3.63, 3.8) is 0 Å². The Labute approximate surface area is 107 Å². The summed E-state index contributed by atoms with van der Waals surface area (Å²) in [5.74, 6) is -2.03. The van der Waals surface area contributed by atoms with E-state index >= 15 is 0 Å². The summed E-state index contributed by atoms with van der Waals surface area (Å²) < 4.78 is 0. The Morgan fingerprint density at radius 1 is 1.06 bits per heavy atom. The summed E-state index contributed by atoms with van der Waals surface area (Å²) in [5, 5.41) is 11.2. The molecule has 0 fully saturated rings. The van der Waals surface area contributed by atoms with Crippen LogP contribution in [0.15, 0.2) is 18.2 Å². The molecular weight excluding hydrogens is 230 g/mol. The predicted octanol–water partition coefficient (Wildman–Crippen LogP) is 2.96. The smallest absolute Gasteiger partial charge is 0.394 e. The van der Waals surface area contributed by atoms with E-state index in [4.69, 9.17) is 5.11 Å². The third kappa shape index (κ3) is 3.09. The van der Waals surface area contributed by atoms with Crippen molar-refractivity contribution in [3.8, 4) is 0 Å². The maximum Gasteiger partial charge on any atom is 0.394 e. The average Bonchev–Trinajstić information content (AvgIpc) is 2.28. The zero-order valence-corrected chi connectivity index (χ0v) is 11.2. The lowest BCUT2D eigenvalue weighted by Gasteiger charge is -2.19. The molecule has 98 valence electrons. The number of anilines is 1. The third-order valence-corrected chi connectivity index (χ3v) is 2.81. The Morgan fingerprint density at radius 2 is 1.50 bits per heavy atom. The van der Waals surface area contributed by atoms with Crippen LogP contribution in [-0.4, -0.2) is 17.0 Å². The van der Waals surface area contributed by atoms with E-state index in [0.717, 1.165) is 11.1 Å². The van der Waals surface area contributed by atoms with Crippen LogP contribution in [0.3, 0.4) is 0 Å². The topological polar surface area (TPSA) is 66.4 Å². The van der Waals surface area contributed by atoms with Crippen LogP contribution >= 0.6 is 0 Å². The van der Waals surface area contributed by atoms with E-state index in [2.05, 4.69) is 5.32 Å². The monoisotopic (exact) mass is 249 g/mol. The van der Waals surface area contributed by atoms with E-state index in [-0.39, 0.29) is 11.8 Å². The maximum absolute atomic E-state index is 11.4. The fraction of sp³-hybridized carbons (Fsp3) is 0.429. The van der Waals surface area contributed by atoms with Gasteiger partial charge in [0.05, 0.1) is 0 Å². The molecular formula is C14H19NO3. The van der Waals surface area contributed by atoms with Crippen LogP contribution in [0.1, 0.15) is 50.7 Å². The first-order valence-corrected chi connectivity index (χ1v) is 6.01. The summed E-state index contributed by atoms with van der Waals surface area (Å²) in [5.41, 5.74) is 2.54. The van der Waals surface area contributed by atoms with Crippen LogP contribution in [0.2, 0.25) is 0 Å². The molecule has 0 heterocycles. The molecule has 4 nitrogen and oxygen atoms in total. The zero-order chi connectivity index (χ0) is 13.9. The molecule has 0 unspecified atom stereocenters. The fourth-order valence-electron chi connectivity index (χ4n) is 1.86. The maximum atomic E-state index is 11.4. The van der Waals surface area contributed by atoms with Gasteiger partial charge in [-0.2, -0.15) is 0 Å². The third-order valence-electron chi connectivity index (χ3n) is 2.81. The highest BCUT2D eigenvalue weighted by atomic mass is 16.4. The van der Waals surface area contributed by atoms with Gasteiger partial charge < -0.3 is 10.4 Å². The van der Waals surface area contributed by atoms with Crippen LogP contribution in [-0.2, 0) is 9.59 Å². The number of hydrogen-bond donors (Lipinski definition) is 2. The molecule has 0 aliphatic rings. The molecule has 0 spiro atoms. The zero-order valence-electron chi connectivity index (χ0n) is 11.2. The SMILES string of the molecule is CC(C)c1cccc(C(C)C)c1NC(=O)C(=O)O. The molecule has 0 radical (unpaired) electrons. The minimum atomic E-state index is -1.47. The molecule has 0 aromatic heterocycles. The number of nitrogens with one attached hydrogen (secondary N) is 1. The van der Waals surface area contributed by atoms with Crippen molar-refractivity contribution in [1.82, 2.24) is 0 Å². The van der Waals surface area contributed by atoms with E-state index in [0.29, 0.717) is 5.69 Å². The van der Waals surface area contributed by atoms with Gasteiger partial charge in [-0.1, -0.05) is 45.9 Å². The number of benzene rings is 1. The van der Waals surface area contributed by atoms with Crippen molar-refractivity contribution in [3.05, 3.63) is 29.3 Å². The Bertz CT molecular complexity index is 438. The van der Waals surface area contributed by atoms with Crippen LogP contribution in [0.4, 0.5) is 5.69 Å². The lowest BCUT2D eigenvalue weighted by molar-refractivity contribution is -0.147. The van der Waals surface area contributed by atoms with E-state index in [1.54, 1.807) is 0 Å². The quantitative estimate of drug-likeness (QED) is 0.809. The standard InChI is InChI=1S/C14H19NO3/c1-8(2)10-6-5-7-11(9(3)4)12(10)15-13(16)14(17)18/h5-9H,1-4H3,(H,15,16)(H,17,18). The molecule has 0 bridgehead atoms. The van der Waals surface area contributed by atoms with Gasteiger partial charge in [-0.05, 0) is 23.0 Å². The Hall–Kier alpha value is -1.84. The molecule has 0 atom stereocenters. The van der Waals surface area contributed by atoms with Crippen molar-refractivity contribution in [2.24, 2.45) is 0 Å². The van der Waals surface area contributed by atoms with Crippen molar-refractivity contribution >= 4 is 17.6 Å². The van der Waals surface area contributed by atoms with E-state index in [9.17, 15) is 9.59 Å². The molecule has 0 saturated heterocycles. The summed E-state index contributed by atoms with van der Waals surface area (Å²) in [6, 6.07) is 5.75. The number of amides is 1. The molecule has 2 N–H and O–H groups in total. The summed E-state index contributed by atoms with van der Waals surface area (Å²) in [6.07, 6.45) is 0. The van der Waals surface area contributed by atoms with Gasteiger partial charge in [0, 0.05) is 5.69 Å². The second-order valence-electron chi connectivity index (χ2n) is 4.88. The Morgan fingerprint density at radius 3 is 1.83 bits per heavy atom. The van der Waals surface area contributed by atoms with Crippen molar-refractivity contribution < 1.29 is 14.7 Å². The second kappa shape index (κ2) is 5.67. The number of carbonyl (C=O) groups excluding carboxylic acids is 1. The number of rotatable bonds is 3. The highest BCUT2D eigenvalue weighted by Gasteiger charge is 2.18. The van der Waals surface area contributed by atoms with E-state index in [1.807, 2.05) is 45.9 Å². The number of carboxylic acid groups (broad SMARTS) is 1. The number of para-hydroxylation sites is 1.